The van der Waals surface area contributed by atoms with Gasteiger partial charge in [0.15, 0.2) is 17.7 Å². The van der Waals surface area contributed by atoms with E-state index in [1.54, 1.807) is 10.8 Å². The summed E-state index contributed by atoms with van der Waals surface area (Å²) in [5.41, 5.74) is 6.65. The average molecular weight is 499 g/mol. The number of fused-ring (bicyclic) bond motifs is 2. The maximum atomic E-state index is 10.8. The number of ether oxygens (including phenoxy) is 2. The van der Waals surface area contributed by atoms with Crippen LogP contribution in [0.4, 0.5) is 5.82 Å². The first-order valence-electron chi connectivity index (χ1n) is 10.1. The standard InChI is InChI=1S/C21H19BrN6O4/c22-11-3-10-1-2-12(4-14(10)24-7-11)31-13-5-21(6-13)17(30)16(29)20(32-21)28-9-27-15-18(23)25-8-26-19(15)28/h1-4,7-9,13,16-17,20,29-30H,5-6H2,(H2,23,25,26)/t13-,16-,17+,20-,21+/m1/s1. The van der Waals surface area contributed by atoms with Crippen LogP contribution in [0.1, 0.15) is 19.1 Å². The maximum Gasteiger partial charge on any atom is 0.167 e. The number of benzene rings is 1. The topological polar surface area (TPSA) is 141 Å². The molecule has 10 nitrogen and oxygen atoms in total. The van der Waals surface area contributed by atoms with Crippen molar-refractivity contribution >= 4 is 43.8 Å². The molecule has 1 aromatic carbocycles. The Morgan fingerprint density at radius 2 is 2.00 bits per heavy atom. The van der Waals surface area contributed by atoms with Crippen molar-refractivity contribution in [2.24, 2.45) is 0 Å². The van der Waals surface area contributed by atoms with Crippen molar-refractivity contribution in [3.05, 3.63) is 47.6 Å². The van der Waals surface area contributed by atoms with Gasteiger partial charge in [-0.25, -0.2) is 15.0 Å². The molecule has 1 aliphatic heterocycles. The number of halogens is 1. The van der Waals surface area contributed by atoms with Gasteiger partial charge in [0.05, 0.1) is 11.8 Å². The lowest BCUT2D eigenvalue weighted by atomic mass is 9.73. The zero-order valence-electron chi connectivity index (χ0n) is 16.7. The number of nitrogens with two attached hydrogens (primary N) is 1. The van der Waals surface area contributed by atoms with Crippen LogP contribution in [0, 0.1) is 0 Å². The fourth-order valence-electron chi connectivity index (χ4n) is 4.60. The van der Waals surface area contributed by atoms with Crippen molar-refractivity contribution in [1.29, 1.82) is 0 Å². The summed E-state index contributed by atoms with van der Waals surface area (Å²) in [6, 6.07) is 7.73. The number of nitrogens with zero attached hydrogens (tertiary/aromatic N) is 5. The number of imidazole rings is 1. The number of pyridine rings is 1. The van der Waals surface area contributed by atoms with Gasteiger partial charge in [0.1, 0.15) is 41.5 Å². The lowest BCUT2D eigenvalue weighted by Gasteiger charge is -2.45. The van der Waals surface area contributed by atoms with E-state index < -0.39 is 24.0 Å². The van der Waals surface area contributed by atoms with Crippen LogP contribution in [-0.4, -0.2) is 58.6 Å². The van der Waals surface area contributed by atoms with Gasteiger partial charge in [-0.1, -0.05) is 0 Å². The molecule has 1 spiro atoms. The van der Waals surface area contributed by atoms with Crippen molar-refractivity contribution in [1.82, 2.24) is 24.5 Å². The SMILES string of the molecule is Nc1ncnc2c1ncn2[C@@H]1O[C@]2(C[C@@H](Oc3ccc4cc(Br)cnc4c3)C2)[C@@H](O)[C@H]1O. The highest BCUT2D eigenvalue weighted by molar-refractivity contribution is 9.10. The van der Waals surface area contributed by atoms with Gasteiger partial charge in [-0.05, 0) is 34.1 Å². The zero-order chi connectivity index (χ0) is 22.0. The third kappa shape index (κ3) is 2.96. The fraction of sp³-hybridized carbons (Fsp3) is 0.333. The lowest BCUT2D eigenvalue weighted by molar-refractivity contribution is -0.182. The summed E-state index contributed by atoms with van der Waals surface area (Å²) in [5, 5.41) is 22.5. The highest BCUT2D eigenvalue weighted by Gasteiger charge is 2.62. The van der Waals surface area contributed by atoms with E-state index in [2.05, 4.69) is 35.9 Å². The van der Waals surface area contributed by atoms with E-state index in [1.165, 1.54) is 12.7 Å². The summed E-state index contributed by atoms with van der Waals surface area (Å²) in [5.74, 6) is 0.940. The molecular formula is C21H19BrN6O4. The molecule has 4 heterocycles. The first-order valence-corrected chi connectivity index (χ1v) is 10.9. The Morgan fingerprint density at radius 1 is 1.16 bits per heavy atom. The molecule has 164 valence electrons. The molecule has 11 heteroatoms. The molecule has 2 fully saturated rings. The third-order valence-corrected chi connectivity index (χ3v) is 6.68. The second kappa shape index (κ2) is 7.07. The van der Waals surface area contributed by atoms with E-state index in [1.807, 2.05) is 24.3 Å². The molecule has 6 rings (SSSR count). The van der Waals surface area contributed by atoms with Gasteiger partial charge in [-0.3, -0.25) is 9.55 Å². The second-order valence-electron chi connectivity index (χ2n) is 8.25. The van der Waals surface area contributed by atoms with Gasteiger partial charge in [0, 0.05) is 35.0 Å². The van der Waals surface area contributed by atoms with E-state index in [9.17, 15) is 10.2 Å². The molecule has 2 aliphatic rings. The van der Waals surface area contributed by atoms with E-state index >= 15 is 0 Å². The third-order valence-electron chi connectivity index (χ3n) is 6.24. The van der Waals surface area contributed by atoms with Crippen molar-refractivity contribution in [3.8, 4) is 5.75 Å². The number of anilines is 1. The smallest absolute Gasteiger partial charge is 0.167 e. The quantitative estimate of drug-likeness (QED) is 0.386. The number of rotatable bonds is 3. The molecule has 3 aromatic heterocycles. The largest absolute Gasteiger partial charge is 0.490 e. The molecule has 0 amide bonds. The predicted molar refractivity (Wildman–Crippen MR) is 118 cm³/mol. The normalized spacial score (nSPS) is 29.6. The van der Waals surface area contributed by atoms with Crippen molar-refractivity contribution in [2.45, 2.75) is 43.0 Å². The van der Waals surface area contributed by atoms with Crippen LogP contribution in [0.25, 0.3) is 22.1 Å². The summed E-state index contributed by atoms with van der Waals surface area (Å²) in [6.45, 7) is 0. The predicted octanol–water partition coefficient (Wildman–Crippen LogP) is 1.95. The van der Waals surface area contributed by atoms with Gasteiger partial charge in [0.25, 0.3) is 0 Å². The monoisotopic (exact) mass is 498 g/mol. The summed E-state index contributed by atoms with van der Waals surface area (Å²) < 4.78 is 14.8. The van der Waals surface area contributed by atoms with Gasteiger partial charge >= 0.3 is 0 Å². The lowest BCUT2D eigenvalue weighted by Crippen LogP contribution is -2.57. The molecule has 1 aliphatic carbocycles. The summed E-state index contributed by atoms with van der Waals surface area (Å²) in [6.07, 6.45) is 2.24. The summed E-state index contributed by atoms with van der Waals surface area (Å²) >= 11 is 3.42. The Bertz CT molecular complexity index is 1340. The number of aromatic nitrogens is 5. The Labute approximate surface area is 190 Å². The highest BCUT2D eigenvalue weighted by Crippen LogP contribution is 2.50. The fourth-order valence-corrected chi connectivity index (χ4v) is 4.95. The van der Waals surface area contributed by atoms with Crippen molar-refractivity contribution < 1.29 is 19.7 Å². The zero-order valence-corrected chi connectivity index (χ0v) is 18.3. The van der Waals surface area contributed by atoms with Gasteiger partial charge in [0.2, 0.25) is 0 Å². The number of hydrogen-bond acceptors (Lipinski definition) is 9. The second-order valence-corrected chi connectivity index (χ2v) is 9.16. The Hall–Kier alpha value is -2.86. The Morgan fingerprint density at radius 3 is 2.84 bits per heavy atom. The summed E-state index contributed by atoms with van der Waals surface area (Å²) in [7, 11) is 0. The van der Waals surface area contributed by atoms with Crippen molar-refractivity contribution in [3.63, 3.8) is 0 Å². The van der Waals surface area contributed by atoms with Crippen LogP contribution < -0.4 is 10.5 Å². The first kappa shape index (κ1) is 19.8. The van der Waals surface area contributed by atoms with E-state index in [4.69, 9.17) is 15.2 Å². The number of nitrogen functional groups attached to an aromatic ring is 1. The molecule has 3 atom stereocenters. The first-order chi connectivity index (χ1) is 15.4. The molecule has 4 aromatic rings. The molecule has 0 radical (unpaired) electrons. The minimum absolute atomic E-state index is 0.152. The minimum atomic E-state index is -1.15. The molecule has 0 bridgehead atoms. The number of hydrogen-bond donors (Lipinski definition) is 3. The van der Waals surface area contributed by atoms with E-state index in [-0.39, 0.29) is 11.9 Å². The van der Waals surface area contributed by atoms with Gasteiger partial charge in [-0.15, -0.1) is 0 Å². The molecule has 1 saturated carbocycles. The van der Waals surface area contributed by atoms with Crippen LogP contribution in [0.5, 0.6) is 5.75 Å². The van der Waals surface area contributed by atoms with Crippen LogP contribution in [0.3, 0.4) is 0 Å². The van der Waals surface area contributed by atoms with E-state index in [0.717, 1.165) is 15.4 Å². The molecule has 1 saturated heterocycles. The molecule has 32 heavy (non-hydrogen) atoms. The Kier molecular flexibility index (Phi) is 4.37. The summed E-state index contributed by atoms with van der Waals surface area (Å²) in [4.78, 5) is 16.8. The average Bonchev–Trinajstić information content (AvgIpc) is 3.29. The highest BCUT2D eigenvalue weighted by atomic mass is 79.9. The van der Waals surface area contributed by atoms with Crippen LogP contribution in [-0.2, 0) is 4.74 Å². The molecule has 0 unspecified atom stereocenters. The molecular weight excluding hydrogens is 480 g/mol. The van der Waals surface area contributed by atoms with Crippen molar-refractivity contribution in [2.75, 3.05) is 5.73 Å². The minimum Gasteiger partial charge on any atom is -0.490 e. The number of aliphatic hydroxyl groups is 2. The Balaban J connectivity index is 1.20. The van der Waals surface area contributed by atoms with Crippen LogP contribution >= 0.6 is 15.9 Å². The van der Waals surface area contributed by atoms with Gasteiger partial charge < -0.3 is 25.4 Å². The molecule has 4 N–H and O–H groups in total. The maximum absolute atomic E-state index is 10.8. The van der Waals surface area contributed by atoms with Crippen LogP contribution in [0.2, 0.25) is 0 Å². The van der Waals surface area contributed by atoms with E-state index in [0.29, 0.717) is 29.8 Å². The number of aliphatic hydroxyl groups excluding tert-OH is 2. The van der Waals surface area contributed by atoms with Gasteiger partial charge in [-0.2, -0.15) is 0 Å². The van der Waals surface area contributed by atoms with Crippen LogP contribution in [0.15, 0.2) is 47.6 Å².